The molecule has 142 valence electrons. The van der Waals surface area contributed by atoms with Crippen LogP contribution in [0.2, 0.25) is 5.02 Å². The van der Waals surface area contributed by atoms with Gasteiger partial charge in [0.05, 0.1) is 16.7 Å². The Morgan fingerprint density at radius 3 is 2.63 bits per heavy atom. The Kier molecular flexibility index (Phi) is 5.43. The molecule has 8 heteroatoms. The van der Waals surface area contributed by atoms with Crippen LogP contribution in [0.1, 0.15) is 22.3 Å². The van der Waals surface area contributed by atoms with Gasteiger partial charge in [0.2, 0.25) is 0 Å². The molecule has 27 heavy (non-hydrogen) atoms. The number of pyridine rings is 1. The zero-order valence-corrected chi connectivity index (χ0v) is 15.1. The number of nitrogens with zero attached hydrogens (tertiary/aromatic N) is 2. The van der Waals surface area contributed by atoms with E-state index in [4.69, 9.17) is 11.6 Å². The van der Waals surface area contributed by atoms with Gasteiger partial charge in [-0.05, 0) is 36.6 Å². The molecule has 1 aliphatic heterocycles. The quantitative estimate of drug-likeness (QED) is 0.833. The fourth-order valence-corrected chi connectivity index (χ4v) is 3.60. The molecular weight excluding hydrogens is 375 g/mol. The topological polar surface area (TPSA) is 90.7 Å². The highest BCUT2D eigenvalue weighted by molar-refractivity contribution is 6.33. The number of aliphatic hydroxyl groups is 1. The van der Waals surface area contributed by atoms with Crippen molar-refractivity contribution in [2.24, 2.45) is 5.41 Å². The van der Waals surface area contributed by atoms with Crippen LogP contribution in [0.3, 0.4) is 0 Å². The Balaban J connectivity index is 1.91. The van der Waals surface area contributed by atoms with Crippen molar-refractivity contribution in [3.63, 3.8) is 0 Å². The fraction of sp³-hybridized carbons (Fsp3) is 0.316. The smallest absolute Gasteiger partial charge is 0.314 e. The lowest BCUT2D eigenvalue weighted by Gasteiger charge is -2.43. The second-order valence-corrected chi connectivity index (χ2v) is 7.06. The first-order chi connectivity index (χ1) is 12.8. The van der Waals surface area contributed by atoms with Crippen LogP contribution < -0.4 is 0 Å². The number of halogens is 2. The van der Waals surface area contributed by atoms with Crippen LogP contribution in [0.5, 0.6) is 0 Å². The minimum Gasteiger partial charge on any atom is -0.481 e. The maximum Gasteiger partial charge on any atom is 0.314 e. The van der Waals surface area contributed by atoms with Gasteiger partial charge in [0, 0.05) is 25.5 Å². The van der Waals surface area contributed by atoms with Crippen molar-refractivity contribution < 1.29 is 24.2 Å². The van der Waals surface area contributed by atoms with E-state index in [2.05, 4.69) is 4.98 Å². The highest BCUT2D eigenvalue weighted by Crippen LogP contribution is 2.35. The Labute approximate surface area is 160 Å². The van der Waals surface area contributed by atoms with Gasteiger partial charge >= 0.3 is 5.97 Å². The minimum atomic E-state index is -1.59. The predicted octanol–water partition coefficient (Wildman–Crippen LogP) is 2.39. The molecular formula is C19H18ClFN2O4. The third-order valence-corrected chi connectivity index (χ3v) is 5.23. The molecule has 0 unspecified atom stereocenters. The summed E-state index contributed by atoms with van der Waals surface area (Å²) < 4.78 is 13.2. The third-order valence-electron chi connectivity index (χ3n) is 4.93. The molecule has 1 aromatic carbocycles. The van der Waals surface area contributed by atoms with Crippen LogP contribution in [0.15, 0.2) is 42.7 Å². The number of carbonyl (C=O) groups excluding carboxylic acids is 1. The molecule has 2 N–H and O–H groups in total. The van der Waals surface area contributed by atoms with Crippen molar-refractivity contribution in [1.29, 1.82) is 0 Å². The lowest BCUT2D eigenvalue weighted by atomic mass is 9.72. The van der Waals surface area contributed by atoms with E-state index in [1.54, 1.807) is 0 Å². The number of likely N-dealkylation sites (tertiary alicyclic amines) is 1. The van der Waals surface area contributed by atoms with Gasteiger partial charge in [-0.3, -0.25) is 14.6 Å². The van der Waals surface area contributed by atoms with E-state index in [0.29, 0.717) is 5.56 Å². The van der Waals surface area contributed by atoms with Gasteiger partial charge in [0.25, 0.3) is 5.91 Å². The summed E-state index contributed by atoms with van der Waals surface area (Å²) in [6.45, 7) is 0.0233. The summed E-state index contributed by atoms with van der Waals surface area (Å²) in [7, 11) is 0. The third kappa shape index (κ3) is 3.79. The van der Waals surface area contributed by atoms with Gasteiger partial charge in [-0.2, -0.15) is 0 Å². The highest BCUT2D eigenvalue weighted by atomic mass is 35.5. The summed E-state index contributed by atoms with van der Waals surface area (Å²) in [6, 6.07) is 6.90. The number of aliphatic carboxylic acids is 1. The van der Waals surface area contributed by atoms with Crippen LogP contribution >= 0.6 is 11.6 Å². The van der Waals surface area contributed by atoms with Gasteiger partial charge in [0.1, 0.15) is 11.2 Å². The van der Waals surface area contributed by atoms with E-state index in [1.807, 2.05) is 0 Å². The number of piperidine rings is 1. The number of aromatic nitrogens is 1. The van der Waals surface area contributed by atoms with Crippen LogP contribution in [-0.4, -0.2) is 51.2 Å². The van der Waals surface area contributed by atoms with Gasteiger partial charge in [-0.15, -0.1) is 0 Å². The lowest BCUT2D eigenvalue weighted by Crippen LogP contribution is -2.58. The molecule has 1 aliphatic rings. The van der Waals surface area contributed by atoms with Crippen molar-refractivity contribution in [2.45, 2.75) is 18.9 Å². The first-order valence-corrected chi connectivity index (χ1v) is 8.76. The molecule has 1 fully saturated rings. The summed E-state index contributed by atoms with van der Waals surface area (Å²) in [4.78, 5) is 30.2. The minimum absolute atomic E-state index is 0.0301. The number of carboxylic acids is 1. The molecule has 1 amide bonds. The molecule has 0 bridgehead atoms. The van der Waals surface area contributed by atoms with E-state index in [9.17, 15) is 24.2 Å². The molecule has 0 radical (unpaired) electrons. The number of aliphatic hydroxyl groups excluding tert-OH is 1. The largest absolute Gasteiger partial charge is 0.481 e. The van der Waals surface area contributed by atoms with E-state index < -0.39 is 29.2 Å². The second-order valence-electron chi connectivity index (χ2n) is 6.65. The summed E-state index contributed by atoms with van der Waals surface area (Å²) in [5, 5.41) is 20.6. The summed E-state index contributed by atoms with van der Waals surface area (Å²) in [6.07, 6.45) is 1.72. The molecule has 2 atom stereocenters. The van der Waals surface area contributed by atoms with Crippen LogP contribution in [0.4, 0.5) is 4.39 Å². The van der Waals surface area contributed by atoms with E-state index >= 15 is 0 Å². The van der Waals surface area contributed by atoms with E-state index in [0.717, 1.165) is 0 Å². The molecule has 6 nitrogen and oxygen atoms in total. The molecule has 0 saturated carbocycles. The van der Waals surface area contributed by atoms with Gasteiger partial charge in [0.15, 0.2) is 0 Å². The number of hydrogen-bond donors (Lipinski definition) is 2. The maximum atomic E-state index is 13.2. The monoisotopic (exact) mass is 392 g/mol. The van der Waals surface area contributed by atoms with Crippen LogP contribution in [0.25, 0.3) is 0 Å². The lowest BCUT2D eigenvalue weighted by molar-refractivity contribution is -0.161. The van der Waals surface area contributed by atoms with Gasteiger partial charge in [-0.25, -0.2) is 4.39 Å². The van der Waals surface area contributed by atoms with Gasteiger partial charge < -0.3 is 15.1 Å². The maximum absolute atomic E-state index is 13.2. The highest BCUT2D eigenvalue weighted by Gasteiger charge is 2.50. The number of hydrogen-bond acceptors (Lipinski definition) is 4. The normalized spacial score (nSPS) is 22.5. The zero-order valence-electron chi connectivity index (χ0n) is 14.3. The molecule has 0 aliphatic carbocycles. The second kappa shape index (κ2) is 7.62. The first kappa shape index (κ1) is 19.3. The summed E-state index contributed by atoms with van der Waals surface area (Å²) in [5.41, 5.74) is -0.802. The molecule has 1 saturated heterocycles. The van der Waals surface area contributed by atoms with Gasteiger partial charge in [-0.1, -0.05) is 23.7 Å². The molecule has 3 rings (SSSR count). The molecule has 2 heterocycles. The van der Waals surface area contributed by atoms with Crippen LogP contribution in [0, 0.1) is 11.2 Å². The Hall–Kier alpha value is -2.51. The molecule has 0 spiro atoms. The van der Waals surface area contributed by atoms with Crippen molar-refractivity contribution in [3.05, 3.63) is 64.7 Å². The Bertz CT molecular complexity index is 861. The number of carbonyl (C=O) groups is 2. The summed E-state index contributed by atoms with van der Waals surface area (Å²) in [5.74, 6) is -2.06. The number of amides is 1. The SMILES string of the molecule is O=C(c1ccncc1Cl)N1CC[C@@H](O)[C@](Cc2ccc(F)cc2)(C(=O)O)C1. The summed E-state index contributed by atoms with van der Waals surface area (Å²) >= 11 is 6.03. The van der Waals surface area contributed by atoms with Crippen LogP contribution in [-0.2, 0) is 11.2 Å². The fourth-order valence-electron chi connectivity index (χ4n) is 3.40. The predicted molar refractivity (Wildman–Crippen MR) is 95.9 cm³/mol. The average Bonchev–Trinajstić information content (AvgIpc) is 2.65. The average molecular weight is 393 g/mol. The number of benzene rings is 1. The van der Waals surface area contributed by atoms with Crippen molar-refractivity contribution in [1.82, 2.24) is 9.88 Å². The molecule has 2 aromatic rings. The zero-order chi connectivity index (χ0) is 19.6. The number of carboxylic acid groups (broad SMARTS) is 1. The standard InChI is InChI=1S/C19H18ClFN2O4/c20-15-10-22-7-5-14(15)17(25)23-8-6-16(24)19(11-23,18(26)27)9-12-1-3-13(21)4-2-12/h1-5,7,10,16,24H,6,8-9,11H2,(H,26,27)/t16-,19-/m1/s1. The molecule has 1 aromatic heterocycles. The Morgan fingerprint density at radius 2 is 2.00 bits per heavy atom. The van der Waals surface area contributed by atoms with E-state index in [-0.39, 0.29) is 36.5 Å². The Morgan fingerprint density at radius 1 is 1.30 bits per heavy atom. The van der Waals surface area contributed by atoms with Crippen molar-refractivity contribution in [2.75, 3.05) is 13.1 Å². The first-order valence-electron chi connectivity index (χ1n) is 8.38. The number of rotatable bonds is 4. The van der Waals surface area contributed by atoms with Crippen molar-refractivity contribution >= 4 is 23.5 Å². The van der Waals surface area contributed by atoms with E-state index in [1.165, 1.54) is 47.6 Å². The van der Waals surface area contributed by atoms with Crippen molar-refractivity contribution in [3.8, 4) is 0 Å².